The summed E-state index contributed by atoms with van der Waals surface area (Å²) < 4.78 is 1.05. The van der Waals surface area contributed by atoms with Gasteiger partial charge >= 0.3 is 0 Å². The van der Waals surface area contributed by atoms with E-state index in [0.29, 0.717) is 6.54 Å². The summed E-state index contributed by atoms with van der Waals surface area (Å²) in [4.78, 5) is 12.8. The fourth-order valence-corrected chi connectivity index (χ4v) is 4.01. The highest BCUT2D eigenvalue weighted by atomic mass is 79.9. The number of carbonyl (C=O) groups excluding carboxylic acids is 1. The van der Waals surface area contributed by atoms with Crippen molar-refractivity contribution in [3.05, 3.63) is 26.9 Å². The van der Waals surface area contributed by atoms with Gasteiger partial charge in [-0.3, -0.25) is 4.79 Å². The molecular weight excluding hydrogens is 350 g/mol. The number of amides is 1. The topological polar surface area (TPSA) is 49.3 Å². The fourth-order valence-electron chi connectivity index (χ4n) is 2.69. The van der Waals surface area contributed by atoms with Crippen molar-refractivity contribution < 1.29 is 9.90 Å². The van der Waals surface area contributed by atoms with Crippen LogP contribution in [-0.2, 0) is 4.79 Å². The molecule has 0 aliphatic heterocycles. The zero-order valence-electron chi connectivity index (χ0n) is 12.3. The molecule has 1 aromatic rings. The molecule has 0 aromatic carbocycles. The maximum absolute atomic E-state index is 11.8. The lowest BCUT2D eigenvalue weighted by molar-refractivity contribution is -0.118. The fraction of sp³-hybridized carbons (Fsp3) is 0.562. The number of hydrogen-bond acceptors (Lipinski definition) is 3. The third kappa shape index (κ3) is 5.24. The first-order chi connectivity index (χ1) is 10.0. The Balaban J connectivity index is 1.77. The smallest absolute Gasteiger partial charge is 0.244 e. The lowest BCUT2D eigenvalue weighted by Gasteiger charge is -2.35. The van der Waals surface area contributed by atoms with Crippen LogP contribution in [0.25, 0.3) is 6.08 Å². The van der Waals surface area contributed by atoms with Gasteiger partial charge in [0.05, 0.1) is 9.39 Å². The molecule has 3 nitrogen and oxygen atoms in total. The molecule has 0 atom stereocenters. The largest absolute Gasteiger partial charge is 0.388 e. The van der Waals surface area contributed by atoms with Gasteiger partial charge in [0.1, 0.15) is 0 Å². The number of halogens is 1. The number of nitrogens with one attached hydrogen (secondary N) is 1. The highest BCUT2D eigenvalue weighted by Crippen LogP contribution is 2.33. The van der Waals surface area contributed by atoms with Gasteiger partial charge < -0.3 is 10.4 Å². The van der Waals surface area contributed by atoms with Crippen LogP contribution in [0.5, 0.6) is 0 Å². The Labute approximate surface area is 138 Å². The lowest BCUT2D eigenvalue weighted by Crippen LogP contribution is -2.45. The van der Waals surface area contributed by atoms with Crippen molar-refractivity contribution in [3.8, 4) is 0 Å². The summed E-state index contributed by atoms with van der Waals surface area (Å²) in [6, 6.07) is 3.91. The van der Waals surface area contributed by atoms with Gasteiger partial charge in [0.2, 0.25) is 5.91 Å². The van der Waals surface area contributed by atoms with E-state index < -0.39 is 5.60 Å². The molecule has 116 valence electrons. The first-order valence-electron chi connectivity index (χ1n) is 7.44. The maximum atomic E-state index is 11.8. The molecule has 1 aliphatic carbocycles. The third-order valence-corrected chi connectivity index (χ3v) is 5.79. The quantitative estimate of drug-likeness (QED) is 0.769. The van der Waals surface area contributed by atoms with Gasteiger partial charge in [0, 0.05) is 17.5 Å². The molecule has 0 bridgehead atoms. The van der Waals surface area contributed by atoms with Crippen LogP contribution in [0.1, 0.15) is 43.9 Å². The van der Waals surface area contributed by atoms with E-state index in [9.17, 15) is 9.90 Å². The zero-order chi connectivity index (χ0) is 15.3. The summed E-state index contributed by atoms with van der Waals surface area (Å²) in [5.74, 6) is 0.587. The van der Waals surface area contributed by atoms with Crippen molar-refractivity contribution in [1.29, 1.82) is 0 Å². The Kier molecular flexibility index (Phi) is 6.02. The normalized spacial score (nSPS) is 26.1. The standard InChI is InChI=1S/C16H22BrNO2S/c1-2-12-7-9-16(20,10-8-12)11-18-15(19)6-4-13-3-5-14(17)21-13/h3-6,12,20H,2,7-11H2,1H3,(H,18,19). The molecule has 1 heterocycles. The average Bonchev–Trinajstić information content (AvgIpc) is 2.90. The highest BCUT2D eigenvalue weighted by molar-refractivity contribution is 9.11. The van der Waals surface area contributed by atoms with Crippen LogP contribution in [0.4, 0.5) is 0 Å². The predicted octanol–water partition coefficient (Wildman–Crippen LogP) is 3.97. The zero-order valence-corrected chi connectivity index (χ0v) is 14.7. The van der Waals surface area contributed by atoms with Crippen LogP contribution >= 0.6 is 27.3 Å². The van der Waals surface area contributed by atoms with Crippen LogP contribution in [0.3, 0.4) is 0 Å². The molecule has 1 aromatic heterocycles. The summed E-state index contributed by atoms with van der Waals surface area (Å²) in [6.07, 6.45) is 8.19. The molecule has 0 radical (unpaired) electrons. The van der Waals surface area contributed by atoms with Crippen LogP contribution in [-0.4, -0.2) is 23.2 Å². The average molecular weight is 372 g/mol. The molecule has 0 unspecified atom stereocenters. The third-order valence-electron chi connectivity index (χ3n) is 4.20. The second-order valence-electron chi connectivity index (χ2n) is 5.77. The molecule has 0 spiro atoms. The molecule has 2 rings (SSSR count). The van der Waals surface area contributed by atoms with E-state index in [0.717, 1.165) is 40.3 Å². The van der Waals surface area contributed by atoms with Gasteiger partial charge in [0.25, 0.3) is 0 Å². The van der Waals surface area contributed by atoms with E-state index in [1.54, 1.807) is 17.4 Å². The van der Waals surface area contributed by atoms with Gasteiger partial charge in [-0.1, -0.05) is 13.3 Å². The van der Waals surface area contributed by atoms with Crippen molar-refractivity contribution in [1.82, 2.24) is 5.32 Å². The summed E-state index contributed by atoms with van der Waals surface area (Å²) in [6.45, 7) is 2.55. The second-order valence-corrected chi connectivity index (χ2v) is 8.26. The minimum atomic E-state index is -0.721. The van der Waals surface area contributed by atoms with Gasteiger partial charge in [0.15, 0.2) is 0 Å². The van der Waals surface area contributed by atoms with Gasteiger partial charge in [-0.25, -0.2) is 0 Å². The summed E-state index contributed by atoms with van der Waals surface area (Å²) in [5, 5.41) is 13.3. The van der Waals surface area contributed by atoms with E-state index >= 15 is 0 Å². The monoisotopic (exact) mass is 371 g/mol. The van der Waals surface area contributed by atoms with Gasteiger partial charge in [-0.2, -0.15) is 0 Å². The minimum Gasteiger partial charge on any atom is -0.388 e. The van der Waals surface area contributed by atoms with Crippen LogP contribution in [0, 0.1) is 5.92 Å². The van der Waals surface area contributed by atoms with Crippen LogP contribution in [0.15, 0.2) is 22.0 Å². The molecular formula is C16H22BrNO2S. The second kappa shape index (κ2) is 7.56. The van der Waals surface area contributed by atoms with Gasteiger partial charge in [-0.15, -0.1) is 11.3 Å². The molecule has 21 heavy (non-hydrogen) atoms. The van der Waals surface area contributed by atoms with E-state index in [2.05, 4.69) is 28.2 Å². The summed E-state index contributed by atoms with van der Waals surface area (Å²) in [5.41, 5.74) is -0.721. The van der Waals surface area contributed by atoms with E-state index in [1.165, 1.54) is 12.5 Å². The highest BCUT2D eigenvalue weighted by Gasteiger charge is 2.32. The summed E-state index contributed by atoms with van der Waals surface area (Å²) in [7, 11) is 0. The van der Waals surface area contributed by atoms with Crippen molar-refractivity contribution in [2.24, 2.45) is 5.92 Å². The minimum absolute atomic E-state index is 0.148. The van der Waals surface area contributed by atoms with E-state index in [4.69, 9.17) is 0 Å². The number of carbonyl (C=O) groups is 1. The molecule has 1 saturated carbocycles. The first kappa shape index (κ1) is 16.7. The Morgan fingerprint density at radius 2 is 2.24 bits per heavy atom. The maximum Gasteiger partial charge on any atom is 0.244 e. The summed E-state index contributed by atoms with van der Waals surface area (Å²) >= 11 is 4.97. The Bertz CT molecular complexity index is 504. The number of rotatable bonds is 5. The molecule has 1 aliphatic rings. The first-order valence-corrected chi connectivity index (χ1v) is 9.05. The Morgan fingerprint density at radius 3 is 2.81 bits per heavy atom. The molecule has 0 saturated heterocycles. The SMILES string of the molecule is CCC1CCC(O)(CNC(=O)C=Cc2ccc(Br)s2)CC1. The van der Waals surface area contributed by atoms with Crippen molar-refractivity contribution in [3.63, 3.8) is 0 Å². The Morgan fingerprint density at radius 1 is 1.52 bits per heavy atom. The molecule has 5 heteroatoms. The molecule has 1 fully saturated rings. The van der Waals surface area contributed by atoms with Crippen LogP contribution in [0.2, 0.25) is 0 Å². The van der Waals surface area contributed by atoms with E-state index in [1.807, 2.05) is 12.1 Å². The van der Waals surface area contributed by atoms with E-state index in [-0.39, 0.29) is 5.91 Å². The molecule has 2 N–H and O–H groups in total. The Hall–Kier alpha value is -0.650. The molecule has 1 amide bonds. The number of aliphatic hydroxyl groups is 1. The number of hydrogen-bond donors (Lipinski definition) is 2. The van der Waals surface area contributed by atoms with Crippen molar-refractivity contribution >= 4 is 39.2 Å². The lowest BCUT2D eigenvalue weighted by atomic mass is 9.78. The van der Waals surface area contributed by atoms with Crippen molar-refractivity contribution in [2.75, 3.05) is 6.54 Å². The van der Waals surface area contributed by atoms with Crippen LogP contribution < -0.4 is 5.32 Å². The predicted molar refractivity (Wildman–Crippen MR) is 91.3 cm³/mol. The van der Waals surface area contributed by atoms with Gasteiger partial charge in [-0.05, 0) is 65.7 Å². The van der Waals surface area contributed by atoms with Crippen molar-refractivity contribution in [2.45, 2.75) is 44.6 Å². The number of thiophene rings is 1.